The van der Waals surface area contributed by atoms with Crippen LogP contribution < -0.4 is 5.43 Å². The quantitative estimate of drug-likeness (QED) is 0.511. The molecule has 0 aliphatic carbocycles. The van der Waals surface area contributed by atoms with Gasteiger partial charge in [-0.05, 0) is 30.0 Å². The molecule has 1 aromatic heterocycles. The Labute approximate surface area is 126 Å². The number of pyridine rings is 1. The molecule has 1 N–H and O–H groups in total. The van der Waals surface area contributed by atoms with Crippen molar-refractivity contribution < 1.29 is 0 Å². The van der Waals surface area contributed by atoms with Crippen LogP contribution in [0, 0.1) is 0 Å². The molecule has 1 heterocycles. The highest BCUT2D eigenvalue weighted by Crippen LogP contribution is 2.22. The Morgan fingerprint density at radius 1 is 1.26 bits per heavy atom. The molecule has 0 aliphatic heterocycles. The molecule has 0 amide bonds. The van der Waals surface area contributed by atoms with Crippen LogP contribution in [-0.4, -0.2) is 17.5 Å². The number of rotatable bonds is 4. The molecule has 0 aliphatic rings. The summed E-state index contributed by atoms with van der Waals surface area (Å²) in [5.41, 5.74) is 3.78. The lowest BCUT2D eigenvalue weighted by Gasteiger charge is -2.02. The van der Waals surface area contributed by atoms with Crippen molar-refractivity contribution in [1.82, 2.24) is 4.98 Å². The van der Waals surface area contributed by atoms with Gasteiger partial charge in [-0.1, -0.05) is 35.3 Å². The first-order chi connectivity index (χ1) is 9.19. The smallest absolute Gasteiger partial charge is 0.165 e. The van der Waals surface area contributed by atoms with Gasteiger partial charge in [0.2, 0.25) is 0 Å². The fourth-order valence-corrected chi connectivity index (χ4v) is 2.19. The van der Waals surface area contributed by atoms with Crippen LogP contribution in [0.2, 0.25) is 10.0 Å². The van der Waals surface area contributed by atoms with Gasteiger partial charge in [0.15, 0.2) is 5.82 Å². The van der Waals surface area contributed by atoms with Gasteiger partial charge in [0.25, 0.3) is 0 Å². The van der Waals surface area contributed by atoms with E-state index in [9.17, 15) is 0 Å². The van der Waals surface area contributed by atoms with E-state index in [1.165, 1.54) is 11.1 Å². The van der Waals surface area contributed by atoms with Crippen LogP contribution in [0.4, 0.5) is 5.82 Å². The van der Waals surface area contributed by atoms with E-state index < -0.39 is 0 Å². The molecule has 6 heteroatoms. The number of hydrogen-bond acceptors (Lipinski definition) is 4. The van der Waals surface area contributed by atoms with E-state index in [-0.39, 0.29) is 0 Å². The van der Waals surface area contributed by atoms with Crippen LogP contribution in [0.25, 0.3) is 0 Å². The van der Waals surface area contributed by atoms with Gasteiger partial charge in [0.05, 0.1) is 16.3 Å². The minimum Gasteiger partial charge on any atom is -0.260 e. The molecule has 0 bridgehead atoms. The zero-order valence-electron chi connectivity index (χ0n) is 10.1. The predicted octanol–water partition coefficient (Wildman–Crippen LogP) is 4.56. The molecule has 0 fully saturated rings. The molecule has 0 atom stereocenters. The molecule has 2 rings (SSSR count). The van der Waals surface area contributed by atoms with Gasteiger partial charge in [-0.3, -0.25) is 5.43 Å². The molecular formula is C13H11Cl2N3S. The third-order valence-electron chi connectivity index (χ3n) is 2.31. The van der Waals surface area contributed by atoms with Gasteiger partial charge in [-0.15, -0.1) is 11.8 Å². The number of anilines is 1. The van der Waals surface area contributed by atoms with Gasteiger partial charge >= 0.3 is 0 Å². The Morgan fingerprint density at radius 2 is 2.00 bits per heavy atom. The third kappa shape index (κ3) is 4.13. The summed E-state index contributed by atoms with van der Waals surface area (Å²) in [6, 6.07) is 9.68. The number of aromatic nitrogens is 1. The molecule has 0 spiro atoms. The first-order valence-corrected chi connectivity index (χ1v) is 7.41. The van der Waals surface area contributed by atoms with Crippen LogP contribution in [-0.2, 0) is 0 Å². The highest BCUT2D eigenvalue weighted by atomic mass is 35.5. The first kappa shape index (κ1) is 14.2. The van der Waals surface area contributed by atoms with E-state index in [0.717, 1.165) is 5.56 Å². The zero-order valence-corrected chi connectivity index (χ0v) is 12.4. The van der Waals surface area contributed by atoms with Gasteiger partial charge in [0.1, 0.15) is 0 Å². The molecule has 98 valence electrons. The van der Waals surface area contributed by atoms with Crippen LogP contribution in [0.15, 0.2) is 46.5 Å². The Balaban J connectivity index is 2.02. The highest BCUT2D eigenvalue weighted by Gasteiger charge is 2.00. The standard InChI is InChI=1S/C13H11Cl2N3S/c1-19-11-4-2-9(3-5-11)7-17-18-13-12(15)6-10(14)8-16-13/h2-8H,1H3,(H,16,18)/b17-7-. The summed E-state index contributed by atoms with van der Waals surface area (Å²) in [6.07, 6.45) is 5.26. The van der Waals surface area contributed by atoms with E-state index >= 15 is 0 Å². The predicted molar refractivity (Wildman–Crippen MR) is 83.7 cm³/mol. The fraction of sp³-hybridized carbons (Fsp3) is 0.0769. The van der Waals surface area contributed by atoms with Crippen molar-refractivity contribution >= 4 is 47.0 Å². The normalized spacial score (nSPS) is 10.9. The lowest BCUT2D eigenvalue weighted by Crippen LogP contribution is -1.94. The largest absolute Gasteiger partial charge is 0.260 e. The number of hydrogen-bond donors (Lipinski definition) is 1. The maximum absolute atomic E-state index is 5.96. The summed E-state index contributed by atoms with van der Waals surface area (Å²) >= 11 is 13.4. The minimum absolute atomic E-state index is 0.433. The first-order valence-electron chi connectivity index (χ1n) is 5.43. The summed E-state index contributed by atoms with van der Waals surface area (Å²) in [5, 5.41) is 5.01. The fourth-order valence-electron chi connectivity index (χ4n) is 1.35. The minimum atomic E-state index is 0.433. The molecule has 0 saturated heterocycles. The monoisotopic (exact) mass is 311 g/mol. The van der Waals surface area contributed by atoms with Crippen LogP contribution in [0.5, 0.6) is 0 Å². The summed E-state index contributed by atoms with van der Waals surface area (Å²) in [5.74, 6) is 0.475. The van der Waals surface area contributed by atoms with Crippen LogP contribution in [0.3, 0.4) is 0 Å². The molecule has 0 radical (unpaired) electrons. The van der Waals surface area contributed by atoms with Crippen molar-refractivity contribution in [3.8, 4) is 0 Å². The molecule has 1 aromatic carbocycles. The van der Waals surface area contributed by atoms with Crippen molar-refractivity contribution in [3.63, 3.8) is 0 Å². The number of benzene rings is 1. The lowest BCUT2D eigenvalue weighted by molar-refractivity contribution is 1.23. The molecular weight excluding hydrogens is 301 g/mol. The van der Waals surface area contributed by atoms with Gasteiger partial charge in [-0.25, -0.2) is 4.98 Å². The number of thioether (sulfide) groups is 1. The molecule has 2 aromatic rings. The number of nitrogens with zero attached hydrogens (tertiary/aromatic N) is 2. The topological polar surface area (TPSA) is 37.3 Å². The van der Waals surface area contributed by atoms with Crippen molar-refractivity contribution in [1.29, 1.82) is 0 Å². The number of halogens is 2. The van der Waals surface area contributed by atoms with E-state index in [1.807, 2.05) is 30.5 Å². The van der Waals surface area contributed by atoms with Crippen molar-refractivity contribution in [2.45, 2.75) is 4.90 Å². The van der Waals surface area contributed by atoms with Crippen LogP contribution >= 0.6 is 35.0 Å². The van der Waals surface area contributed by atoms with E-state index in [4.69, 9.17) is 23.2 Å². The number of nitrogens with one attached hydrogen (secondary N) is 1. The Kier molecular flexibility index (Phi) is 5.07. The Hall–Kier alpha value is -1.23. The van der Waals surface area contributed by atoms with E-state index in [2.05, 4.69) is 15.5 Å². The van der Waals surface area contributed by atoms with Crippen molar-refractivity contribution in [2.75, 3.05) is 11.7 Å². The molecule has 3 nitrogen and oxygen atoms in total. The second kappa shape index (κ2) is 6.80. The summed E-state index contributed by atoms with van der Waals surface area (Å²) < 4.78 is 0. The summed E-state index contributed by atoms with van der Waals surface area (Å²) in [7, 11) is 0. The van der Waals surface area contributed by atoms with E-state index in [1.54, 1.807) is 24.0 Å². The Bertz CT molecular complexity index is 585. The maximum Gasteiger partial charge on any atom is 0.165 e. The second-order valence-electron chi connectivity index (χ2n) is 3.63. The van der Waals surface area contributed by atoms with Gasteiger partial charge < -0.3 is 0 Å². The molecule has 0 saturated carbocycles. The zero-order chi connectivity index (χ0) is 13.7. The third-order valence-corrected chi connectivity index (χ3v) is 3.55. The maximum atomic E-state index is 5.96. The Morgan fingerprint density at radius 3 is 2.63 bits per heavy atom. The molecule has 0 unspecified atom stereocenters. The van der Waals surface area contributed by atoms with Crippen molar-refractivity contribution in [2.24, 2.45) is 5.10 Å². The average molecular weight is 312 g/mol. The average Bonchev–Trinajstić information content (AvgIpc) is 2.42. The second-order valence-corrected chi connectivity index (χ2v) is 5.35. The van der Waals surface area contributed by atoms with Gasteiger partial charge in [0, 0.05) is 11.1 Å². The highest BCUT2D eigenvalue weighted by molar-refractivity contribution is 7.98. The number of hydrazone groups is 1. The van der Waals surface area contributed by atoms with E-state index in [0.29, 0.717) is 15.9 Å². The lowest BCUT2D eigenvalue weighted by atomic mass is 10.2. The van der Waals surface area contributed by atoms with Gasteiger partial charge in [-0.2, -0.15) is 5.10 Å². The SMILES string of the molecule is CSc1ccc(/C=N\Nc2ncc(Cl)cc2Cl)cc1. The van der Waals surface area contributed by atoms with Crippen molar-refractivity contribution in [3.05, 3.63) is 52.1 Å². The summed E-state index contributed by atoms with van der Waals surface area (Å²) in [4.78, 5) is 5.26. The summed E-state index contributed by atoms with van der Waals surface area (Å²) in [6.45, 7) is 0. The van der Waals surface area contributed by atoms with Crippen LogP contribution in [0.1, 0.15) is 5.56 Å². The molecule has 19 heavy (non-hydrogen) atoms.